The van der Waals surface area contributed by atoms with Crippen molar-refractivity contribution in [3.63, 3.8) is 0 Å². The van der Waals surface area contributed by atoms with Crippen LogP contribution in [0, 0.1) is 0 Å². The van der Waals surface area contributed by atoms with Crippen LogP contribution in [0.3, 0.4) is 0 Å². The minimum Gasteiger partial charge on any atom is -0.492 e. The summed E-state index contributed by atoms with van der Waals surface area (Å²) in [6, 6.07) is 6.20. The van der Waals surface area contributed by atoms with Gasteiger partial charge in [-0.1, -0.05) is 17.3 Å². The van der Waals surface area contributed by atoms with E-state index in [-0.39, 0.29) is 6.10 Å². The van der Waals surface area contributed by atoms with E-state index in [4.69, 9.17) is 9.47 Å². The highest BCUT2D eigenvalue weighted by Crippen LogP contribution is 2.35. The molecule has 2 aliphatic heterocycles. The lowest BCUT2D eigenvalue weighted by molar-refractivity contribution is 0.0158. The van der Waals surface area contributed by atoms with Crippen LogP contribution in [0.15, 0.2) is 24.4 Å². The first-order valence-corrected chi connectivity index (χ1v) is 7.38. The topological polar surface area (TPSA) is 61.2 Å². The van der Waals surface area contributed by atoms with Gasteiger partial charge in [0.25, 0.3) is 0 Å². The lowest BCUT2D eigenvalue weighted by Crippen LogP contribution is -2.40. The molecule has 0 bridgehead atoms. The van der Waals surface area contributed by atoms with E-state index in [1.54, 1.807) is 0 Å². The van der Waals surface area contributed by atoms with Gasteiger partial charge in [0, 0.05) is 25.1 Å². The SMILES string of the molecule is c1cc2c(c(-c3cn(CC4CNCCO4)nn3)c1)OCC2. The number of benzene rings is 1. The zero-order valence-electron chi connectivity index (χ0n) is 11.8. The van der Waals surface area contributed by atoms with E-state index in [2.05, 4.69) is 27.8 Å². The molecule has 1 atom stereocenters. The first-order chi connectivity index (χ1) is 10.4. The van der Waals surface area contributed by atoms with Gasteiger partial charge in [-0.05, 0) is 11.6 Å². The van der Waals surface area contributed by atoms with Gasteiger partial charge in [-0.3, -0.25) is 0 Å². The molecular formula is C15H18N4O2. The largest absolute Gasteiger partial charge is 0.492 e. The number of rotatable bonds is 3. The number of hydrogen-bond acceptors (Lipinski definition) is 5. The van der Waals surface area contributed by atoms with Crippen molar-refractivity contribution in [3.8, 4) is 17.0 Å². The summed E-state index contributed by atoms with van der Waals surface area (Å²) in [6.45, 7) is 4.01. The molecule has 1 saturated heterocycles. The molecule has 3 heterocycles. The molecule has 1 fully saturated rings. The molecule has 6 nitrogen and oxygen atoms in total. The van der Waals surface area contributed by atoms with Gasteiger partial charge >= 0.3 is 0 Å². The molecule has 110 valence electrons. The Bertz CT molecular complexity index is 634. The minimum atomic E-state index is 0.158. The molecule has 6 heteroatoms. The Kier molecular flexibility index (Phi) is 3.33. The van der Waals surface area contributed by atoms with Gasteiger partial charge in [0.1, 0.15) is 11.4 Å². The second kappa shape index (κ2) is 5.46. The number of morpholine rings is 1. The number of para-hydroxylation sites is 1. The van der Waals surface area contributed by atoms with Crippen LogP contribution < -0.4 is 10.1 Å². The maximum absolute atomic E-state index is 5.73. The summed E-state index contributed by atoms with van der Waals surface area (Å²) in [6.07, 6.45) is 3.10. The van der Waals surface area contributed by atoms with E-state index in [9.17, 15) is 0 Å². The Morgan fingerprint density at radius 1 is 1.33 bits per heavy atom. The monoisotopic (exact) mass is 286 g/mol. The van der Waals surface area contributed by atoms with Gasteiger partial charge < -0.3 is 14.8 Å². The van der Waals surface area contributed by atoms with Crippen molar-refractivity contribution in [3.05, 3.63) is 30.0 Å². The molecule has 1 aromatic heterocycles. The molecule has 4 rings (SSSR count). The van der Waals surface area contributed by atoms with E-state index in [1.165, 1.54) is 5.56 Å². The highest BCUT2D eigenvalue weighted by molar-refractivity contribution is 5.69. The molecule has 0 radical (unpaired) electrons. The Morgan fingerprint density at radius 2 is 2.33 bits per heavy atom. The third-order valence-corrected chi connectivity index (χ3v) is 3.92. The van der Waals surface area contributed by atoms with Gasteiger partial charge in [0.15, 0.2) is 0 Å². The first kappa shape index (κ1) is 12.8. The van der Waals surface area contributed by atoms with Gasteiger partial charge in [-0.2, -0.15) is 0 Å². The van der Waals surface area contributed by atoms with Crippen LogP contribution in [0.1, 0.15) is 5.56 Å². The highest BCUT2D eigenvalue weighted by Gasteiger charge is 2.20. The van der Waals surface area contributed by atoms with Crippen LogP contribution in [0.5, 0.6) is 5.75 Å². The Balaban J connectivity index is 1.56. The van der Waals surface area contributed by atoms with Crippen LogP contribution in [-0.4, -0.2) is 47.4 Å². The molecule has 2 aromatic rings. The van der Waals surface area contributed by atoms with Crippen LogP contribution in [-0.2, 0) is 17.7 Å². The van der Waals surface area contributed by atoms with Crippen molar-refractivity contribution in [2.75, 3.05) is 26.3 Å². The second-order valence-electron chi connectivity index (χ2n) is 5.42. The van der Waals surface area contributed by atoms with Gasteiger partial charge in [0.2, 0.25) is 0 Å². The maximum Gasteiger partial charge on any atom is 0.132 e. The number of hydrogen-bond donors (Lipinski definition) is 1. The Morgan fingerprint density at radius 3 is 3.24 bits per heavy atom. The molecule has 0 aliphatic carbocycles. The fourth-order valence-electron chi connectivity index (χ4n) is 2.87. The fraction of sp³-hybridized carbons (Fsp3) is 0.467. The van der Waals surface area contributed by atoms with Crippen molar-refractivity contribution in [1.82, 2.24) is 20.3 Å². The number of fused-ring (bicyclic) bond motifs is 1. The zero-order chi connectivity index (χ0) is 14.1. The minimum absolute atomic E-state index is 0.158. The van der Waals surface area contributed by atoms with E-state index in [1.807, 2.05) is 16.9 Å². The van der Waals surface area contributed by atoms with Gasteiger partial charge in [-0.15, -0.1) is 5.10 Å². The number of aromatic nitrogens is 3. The van der Waals surface area contributed by atoms with Crippen molar-refractivity contribution in [1.29, 1.82) is 0 Å². The van der Waals surface area contributed by atoms with Crippen molar-refractivity contribution in [2.45, 2.75) is 19.1 Å². The van der Waals surface area contributed by atoms with Crippen molar-refractivity contribution >= 4 is 0 Å². The van der Waals surface area contributed by atoms with Crippen LogP contribution >= 0.6 is 0 Å². The molecule has 0 amide bonds. The molecular weight excluding hydrogens is 268 g/mol. The maximum atomic E-state index is 5.73. The quantitative estimate of drug-likeness (QED) is 0.907. The molecule has 1 N–H and O–H groups in total. The summed E-state index contributed by atoms with van der Waals surface area (Å²) in [7, 11) is 0. The van der Waals surface area contributed by atoms with E-state index < -0.39 is 0 Å². The average molecular weight is 286 g/mol. The number of nitrogens with zero attached hydrogens (tertiary/aromatic N) is 3. The molecule has 1 aromatic carbocycles. The normalized spacial score (nSPS) is 21.0. The Hall–Kier alpha value is -1.92. The molecule has 0 saturated carbocycles. The molecule has 2 aliphatic rings. The van der Waals surface area contributed by atoms with E-state index in [0.717, 1.165) is 56.3 Å². The average Bonchev–Trinajstić information content (AvgIpc) is 3.16. The molecule has 21 heavy (non-hydrogen) atoms. The Labute approximate surface area is 123 Å². The summed E-state index contributed by atoms with van der Waals surface area (Å²) in [5.41, 5.74) is 3.14. The summed E-state index contributed by atoms with van der Waals surface area (Å²) >= 11 is 0. The van der Waals surface area contributed by atoms with Gasteiger partial charge in [0.05, 0.1) is 32.1 Å². The first-order valence-electron chi connectivity index (χ1n) is 7.38. The van der Waals surface area contributed by atoms with Crippen LogP contribution in [0.4, 0.5) is 0 Å². The second-order valence-corrected chi connectivity index (χ2v) is 5.42. The zero-order valence-corrected chi connectivity index (χ0v) is 11.8. The summed E-state index contributed by atoms with van der Waals surface area (Å²) in [5, 5.41) is 11.8. The predicted octanol–water partition coefficient (Wildman–Crippen LogP) is 0.868. The standard InChI is InChI=1S/C15H18N4O2/c1-2-11-4-6-21-15(11)13(3-1)14-10-19(18-17-14)9-12-8-16-5-7-20-12/h1-3,10,12,16H,4-9H2. The van der Waals surface area contributed by atoms with E-state index in [0.29, 0.717) is 0 Å². The lowest BCUT2D eigenvalue weighted by Gasteiger charge is -2.23. The van der Waals surface area contributed by atoms with Crippen LogP contribution in [0.25, 0.3) is 11.3 Å². The third-order valence-electron chi connectivity index (χ3n) is 3.92. The van der Waals surface area contributed by atoms with Gasteiger partial charge in [-0.25, -0.2) is 4.68 Å². The van der Waals surface area contributed by atoms with E-state index >= 15 is 0 Å². The summed E-state index contributed by atoms with van der Waals surface area (Å²) < 4.78 is 13.3. The summed E-state index contributed by atoms with van der Waals surface area (Å²) in [4.78, 5) is 0. The molecule has 1 unspecified atom stereocenters. The lowest BCUT2D eigenvalue weighted by atomic mass is 10.1. The third kappa shape index (κ3) is 2.52. The predicted molar refractivity (Wildman–Crippen MR) is 77.3 cm³/mol. The van der Waals surface area contributed by atoms with Crippen LogP contribution in [0.2, 0.25) is 0 Å². The fourth-order valence-corrected chi connectivity index (χ4v) is 2.87. The highest BCUT2D eigenvalue weighted by atomic mass is 16.5. The van der Waals surface area contributed by atoms with Crippen molar-refractivity contribution < 1.29 is 9.47 Å². The summed E-state index contributed by atoms with van der Waals surface area (Å²) in [5.74, 6) is 0.958. The van der Waals surface area contributed by atoms with Crippen molar-refractivity contribution in [2.24, 2.45) is 0 Å². The number of nitrogens with one attached hydrogen (secondary N) is 1. The number of ether oxygens (including phenoxy) is 2. The smallest absolute Gasteiger partial charge is 0.132 e. The molecule has 0 spiro atoms.